The van der Waals surface area contributed by atoms with Gasteiger partial charge in [-0.3, -0.25) is 0 Å². The molecule has 1 unspecified atom stereocenters. The molecule has 6 heteroatoms. The molecular formula is C13H23N3O2S. The first kappa shape index (κ1) is 15.9. The summed E-state index contributed by atoms with van der Waals surface area (Å²) in [6.07, 6.45) is -0.525. The second kappa shape index (κ2) is 6.34. The summed E-state index contributed by atoms with van der Waals surface area (Å²) in [4.78, 5) is 17.7. The Balaban J connectivity index is 2.49. The van der Waals surface area contributed by atoms with Gasteiger partial charge in [0.05, 0.1) is 23.4 Å². The highest BCUT2D eigenvalue weighted by atomic mass is 32.1. The molecule has 0 saturated heterocycles. The summed E-state index contributed by atoms with van der Waals surface area (Å²) in [6, 6.07) is -0.203. The second-order valence-corrected chi connectivity index (χ2v) is 6.64. The number of thiazole rings is 1. The minimum atomic E-state index is -0.525. The summed E-state index contributed by atoms with van der Waals surface area (Å²) < 4.78 is 0. The van der Waals surface area contributed by atoms with E-state index in [0.717, 1.165) is 10.7 Å². The smallest absolute Gasteiger partial charge is 0.317 e. The van der Waals surface area contributed by atoms with Crippen LogP contribution in [0, 0.1) is 0 Å². The predicted octanol–water partition coefficient (Wildman–Crippen LogP) is 1.96. The fraction of sp³-hybridized carbons (Fsp3) is 0.692. The van der Waals surface area contributed by atoms with Crippen molar-refractivity contribution in [1.82, 2.24) is 15.2 Å². The summed E-state index contributed by atoms with van der Waals surface area (Å²) in [5.74, 6) is 0. The number of amides is 2. The van der Waals surface area contributed by atoms with Crippen molar-refractivity contribution in [1.29, 1.82) is 0 Å². The van der Waals surface area contributed by atoms with Gasteiger partial charge < -0.3 is 15.3 Å². The Hall–Kier alpha value is -1.14. The average molecular weight is 285 g/mol. The molecule has 1 aromatic heterocycles. The van der Waals surface area contributed by atoms with E-state index in [-0.39, 0.29) is 11.4 Å². The van der Waals surface area contributed by atoms with Crippen molar-refractivity contribution in [3.63, 3.8) is 0 Å². The van der Waals surface area contributed by atoms with Crippen molar-refractivity contribution >= 4 is 17.4 Å². The standard InChI is InChI=1S/C13H23N3O2S/c1-9(17)7-16(5)12(18)14-6-10-8-19-11(15-10)13(2,3)4/h8-9,17H,6-7H2,1-5H3,(H,14,18). The van der Waals surface area contributed by atoms with Crippen LogP contribution in [-0.4, -0.2) is 40.7 Å². The van der Waals surface area contributed by atoms with Crippen molar-refractivity contribution in [3.05, 3.63) is 16.1 Å². The molecule has 0 bridgehead atoms. The molecule has 1 heterocycles. The lowest BCUT2D eigenvalue weighted by molar-refractivity contribution is 0.143. The van der Waals surface area contributed by atoms with Crippen LogP contribution in [0.5, 0.6) is 0 Å². The molecular weight excluding hydrogens is 262 g/mol. The van der Waals surface area contributed by atoms with E-state index in [2.05, 4.69) is 31.1 Å². The SMILES string of the molecule is CC(O)CN(C)C(=O)NCc1csc(C(C)(C)C)n1. The van der Waals surface area contributed by atoms with Crippen LogP contribution in [-0.2, 0) is 12.0 Å². The maximum Gasteiger partial charge on any atom is 0.317 e. The number of hydrogen-bond acceptors (Lipinski definition) is 4. The quantitative estimate of drug-likeness (QED) is 0.889. The third kappa shape index (κ3) is 5.16. The molecule has 1 rings (SSSR count). The van der Waals surface area contributed by atoms with Gasteiger partial charge in [-0.25, -0.2) is 9.78 Å². The van der Waals surface area contributed by atoms with Crippen LogP contribution in [0.3, 0.4) is 0 Å². The van der Waals surface area contributed by atoms with E-state index in [1.165, 1.54) is 4.90 Å². The zero-order valence-corrected chi connectivity index (χ0v) is 13.0. The number of aliphatic hydroxyl groups is 1. The van der Waals surface area contributed by atoms with Crippen LogP contribution >= 0.6 is 11.3 Å². The van der Waals surface area contributed by atoms with E-state index in [4.69, 9.17) is 0 Å². The molecule has 0 aliphatic carbocycles. The maximum absolute atomic E-state index is 11.7. The van der Waals surface area contributed by atoms with Gasteiger partial charge in [0, 0.05) is 24.4 Å². The Morgan fingerprint density at radius 1 is 1.58 bits per heavy atom. The van der Waals surface area contributed by atoms with E-state index in [1.807, 2.05) is 5.38 Å². The number of aromatic nitrogens is 1. The monoisotopic (exact) mass is 285 g/mol. The van der Waals surface area contributed by atoms with Crippen LogP contribution in [0.25, 0.3) is 0 Å². The Morgan fingerprint density at radius 3 is 2.68 bits per heavy atom. The van der Waals surface area contributed by atoms with E-state index in [9.17, 15) is 9.90 Å². The highest BCUT2D eigenvalue weighted by molar-refractivity contribution is 7.09. The van der Waals surface area contributed by atoms with Gasteiger partial charge >= 0.3 is 6.03 Å². The summed E-state index contributed by atoms with van der Waals surface area (Å²) in [7, 11) is 1.66. The van der Waals surface area contributed by atoms with E-state index in [1.54, 1.807) is 25.3 Å². The largest absolute Gasteiger partial charge is 0.392 e. The molecule has 2 amide bonds. The molecule has 5 nitrogen and oxygen atoms in total. The molecule has 19 heavy (non-hydrogen) atoms. The summed E-state index contributed by atoms with van der Waals surface area (Å²) in [5, 5.41) is 15.0. The fourth-order valence-corrected chi connectivity index (χ4v) is 2.42. The van der Waals surface area contributed by atoms with E-state index >= 15 is 0 Å². The maximum atomic E-state index is 11.7. The molecule has 1 aromatic rings. The van der Waals surface area contributed by atoms with Crippen LogP contribution in [0.1, 0.15) is 38.4 Å². The number of likely N-dealkylation sites (N-methyl/N-ethyl adjacent to an activating group) is 1. The van der Waals surface area contributed by atoms with Gasteiger partial charge in [-0.1, -0.05) is 20.8 Å². The first-order chi connectivity index (χ1) is 8.70. The lowest BCUT2D eigenvalue weighted by Crippen LogP contribution is -2.40. The first-order valence-electron chi connectivity index (χ1n) is 6.32. The van der Waals surface area contributed by atoms with Gasteiger partial charge in [-0.15, -0.1) is 11.3 Å². The highest BCUT2D eigenvalue weighted by Crippen LogP contribution is 2.25. The molecule has 0 fully saturated rings. The summed E-state index contributed by atoms with van der Waals surface area (Å²) >= 11 is 1.61. The number of carbonyl (C=O) groups is 1. The zero-order chi connectivity index (χ0) is 14.6. The van der Waals surface area contributed by atoms with Crippen LogP contribution < -0.4 is 5.32 Å². The number of aliphatic hydroxyl groups excluding tert-OH is 1. The van der Waals surface area contributed by atoms with Crippen LogP contribution in [0.4, 0.5) is 4.79 Å². The van der Waals surface area contributed by atoms with Crippen LogP contribution in [0.15, 0.2) is 5.38 Å². The topological polar surface area (TPSA) is 65.5 Å². The van der Waals surface area contributed by atoms with Gasteiger partial charge in [0.1, 0.15) is 0 Å². The van der Waals surface area contributed by atoms with Crippen molar-refractivity contribution in [2.75, 3.05) is 13.6 Å². The van der Waals surface area contributed by atoms with Crippen LogP contribution in [0.2, 0.25) is 0 Å². The molecule has 108 valence electrons. The van der Waals surface area contributed by atoms with Gasteiger partial charge in [-0.05, 0) is 6.92 Å². The Bertz CT molecular complexity index is 424. The van der Waals surface area contributed by atoms with E-state index in [0.29, 0.717) is 13.1 Å². The van der Waals surface area contributed by atoms with Gasteiger partial charge in [-0.2, -0.15) is 0 Å². The Labute approximate surface area is 118 Å². The minimum absolute atomic E-state index is 0.0377. The third-order valence-electron chi connectivity index (χ3n) is 2.50. The van der Waals surface area contributed by atoms with Gasteiger partial charge in [0.25, 0.3) is 0 Å². The molecule has 0 aliphatic heterocycles. The van der Waals surface area contributed by atoms with Gasteiger partial charge in [0.15, 0.2) is 0 Å². The summed E-state index contributed by atoms with van der Waals surface area (Å²) in [5.41, 5.74) is 0.907. The number of carbonyl (C=O) groups excluding carboxylic acids is 1. The van der Waals surface area contributed by atoms with Crippen molar-refractivity contribution in [2.24, 2.45) is 0 Å². The summed E-state index contributed by atoms with van der Waals surface area (Å²) in [6.45, 7) is 8.73. The normalized spacial score (nSPS) is 13.2. The molecule has 2 N–H and O–H groups in total. The number of urea groups is 1. The average Bonchev–Trinajstić information content (AvgIpc) is 2.72. The van der Waals surface area contributed by atoms with Crippen molar-refractivity contribution in [3.8, 4) is 0 Å². The molecule has 0 saturated carbocycles. The number of rotatable bonds is 4. The number of hydrogen-bond donors (Lipinski definition) is 2. The zero-order valence-electron chi connectivity index (χ0n) is 12.2. The number of nitrogens with one attached hydrogen (secondary N) is 1. The molecule has 0 aliphatic rings. The molecule has 0 spiro atoms. The predicted molar refractivity (Wildman–Crippen MR) is 77.4 cm³/mol. The second-order valence-electron chi connectivity index (χ2n) is 5.78. The Morgan fingerprint density at radius 2 is 2.21 bits per heavy atom. The first-order valence-corrected chi connectivity index (χ1v) is 7.20. The molecule has 1 atom stereocenters. The third-order valence-corrected chi connectivity index (χ3v) is 3.82. The number of nitrogens with zero attached hydrogens (tertiary/aromatic N) is 2. The Kier molecular flexibility index (Phi) is 5.31. The molecule has 0 aromatic carbocycles. The van der Waals surface area contributed by atoms with Crippen molar-refractivity contribution < 1.29 is 9.90 Å². The van der Waals surface area contributed by atoms with Gasteiger partial charge in [0.2, 0.25) is 0 Å². The highest BCUT2D eigenvalue weighted by Gasteiger charge is 2.18. The van der Waals surface area contributed by atoms with Crippen molar-refractivity contribution in [2.45, 2.75) is 45.8 Å². The minimum Gasteiger partial charge on any atom is -0.392 e. The lowest BCUT2D eigenvalue weighted by Gasteiger charge is -2.19. The fourth-order valence-electron chi connectivity index (χ4n) is 1.51. The molecule has 0 radical (unpaired) electrons. The van der Waals surface area contributed by atoms with E-state index < -0.39 is 6.10 Å². The lowest BCUT2D eigenvalue weighted by atomic mass is 9.98.